The number of hydrogen-bond acceptors (Lipinski definition) is 5. The molecule has 0 aliphatic heterocycles. The van der Waals surface area contributed by atoms with Crippen molar-refractivity contribution in [3.05, 3.63) is 28.2 Å². The number of anilines is 1. The molecule has 0 aromatic carbocycles. The summed E-state index contributed by atoms with van der Waals surface area (Å²) in [6.07, 6.45) is 10.5. The Bertz CT molecular complexity index is 782. The number of carboxylic acids is 1. The molecule has 6 nitrogen and oxygen atoms in total. The second kappa shape index (κ2) is 9.37. The highest BCUT2D eigenvalue weighted by atomic mass is 32.1. The van der Waals surface area contributed by atoms with Gasteiger partial charge in [0.1, 0.15) is 5.00 Å². The third kappa shape index (κ3) is 4.46. The topological polar surface area (TPSA) is 92.7 Å². The van der Waals surface area contributed by atoms with E-state index in [0.29, 0.717) is 23.4 Å². The average Bonchev–Trinajstić information content (AvgIpc) is 2.98. The maximum Gasteiger partial charge on any atom is 0.341 e. The van der Waals surface area contributed by atoms with Crippen molar-refractivity contribution >= 4 is 34.2 Å². The van der Waals surface area contributed by atoms with E-state index >= 15 is 0 Å². The Morgan fingerprint density at radius 3 is 2.46 bits per heavy atom. The third-order valence-electron chi connectivity index (χ3n) is 5.47. The Morgan fingerprint density at radius 1 is 1.11 bits per heavy atom. The first-order valence-electron chi connectivity index (χ1n) is 10.0. The van der Waals surface area contributed by atoms with Gasteiger partial charge in [-0.2, -0.15) is 0 Å². The minimum Gasteiger partial charge on any atom is -0.481 e. The van der Waals surface area contributed by atoms with E-state index in [1.165, 1.54) is 17.8 Å². The van der Waals surface area contributed by atoms with Crippen molar-refractivity contribution in [3.63, 3.8) is 0 Å². The van der Waals surface area contributed by atoms with Crippen LogP contribution in [-0.4, -0.2) is 29.6 Å². The van der Waals surface area contributed by atoms with E-state index in [1.54, 1.807) is 6.92 Å². The highest BCUT2D eigenvalue weighted by Gasteiger charge is 2.35. The normalized spacial score (nSPS) is 21.9. The maximum atomic E-state index is 12.9. The maximum absolute atomic E-state index is 12.9. The summed E-state index contributed by atoms with van der Waals surface area (Å²) in [5, 5.41) is 12.8. The number of allylic oxidation sites excluding steroid dienone is 2. The van der Waals surface area contributed by atoms with Crippen LogP contribution in [0.4, 0.5) is 5.00 Å². The molecule has 0 saturated heterocycles. The summed E-state index contributed by atoms with van der Waals surface area (Å²) in [5.41, 5.74) is 1.46. The molecule has 0 unspecified atom stereocenters. The zero-order chi connectivity index (χ0) is 20.1. The van der Waals surface area contributed by atoms with Crippen molar-refractivity contribution in [3.8, 4) is 0 Å². The van der Waals surface area contributed by atoms with Gasteiger partial charge in [0.15, 0.2) is 0 Å². The molecule has 152 valence electrons. The second-order valence-electron chi connectivity index (χ2n) is 7.33. The molecule has 1 amide bonds. The quantitative estimate of drug-likeness (QED) is 0.566. The van der Waals surface area contributed by atoms with E-state index in [4.69, 9.17) is 4.74 Å². The van der Waals surface area contributed by atoms with Crippen LogP contribution in [0, 0.1) is 11.8 Å². The number of fused-ring (bicyclic) bond motifs is 1. The molecule has 28 heavy (non-hydrogen) atoms. The van der Waals surface area contributed by atoms with E-state index in [1.807, 2.05) is 12.2 Å². The number of carbonyl (C=O) groups is 3. The van der Waals surface area contributed by atoms with Gasteiger partial charge in [-0.3, -0.25) is 9.59 Å². The number of aryl methyl sites for hydroxylation is 1. The van der Waals surface area contributed by atoms with E-state index in [0.717, 1.165) is 42.5 Å². The second-order valence-corrected chi connectivity index (χ2v) is 8.43. The predicted molar refractivity (Wildman–Crippen MR) is 108 cm³/mol. The van der Waals surface area contributed by atoms with Crippen LogP contribution in [0.3, 0.4) is 0 Å². The first-order chi connectivity index (χ1) is 13.5. The summed E-state index contributed by atoms with van der Waals surface area (Å²) in [5.74, 6) is -3.08. The number of amides is 1. The smallest absolute Gasteiger partial charge is 0.341 e. The lowest BCUT2D eigenvalue weighted by Gasteiger charge is -2.24. The fourth-order valence-corrected chi connectivity index (χ4v) is 5.29. The Hall–Kier alpha value is -2.15. The Kier molecular flexibility index (Phi) is 6.88. The lowest BCUT2D eigenvalue weighted by molar-refractivity contribution is -0.146. The largest absolute Gasteiger partial charge is 0.481 e. The van der Waals surface area contributed by atoms with Gasteiger partial charge in [-0.1, -0.05) is 25.0 Å². The molecule has 7 heteroatoms. The first kappa shape index (κ1) is 20.6. The molecule has 2 N–H and O–H groups in total. The number of carboxylic acid groups (broad SMARTS) is 1. The summed E-state index contributed by atoms with van der Waals surface area (Å²) in [6, 6.07) is 0. The molecular formula is C21H27NO5S. The first-order valence-corrected chi connectivity index (χ1v) is 10.8. The van der Waals surface area contributed by atoms with Gasteiger partial charge in [-0.25, -0.2) is 4.79 Å². The SMILES string of the molecule is CCOC(=O)c1c(NC(=O)[C@H]2CC=CC[C@H]2C(=O)O)sc2c1CCCCCC2. The van der Waals surface area contributed by atoms with Gasteiger partial charge in [-0.15, -0.1) is 11.3 Å². The molecule has 3 rings (SSSR count). The number of ether oxygens (including phenoxy) is 1. The van der Waals surface area contributed by atoms with Crippen LogP contribution in [0.25, 0.3) is 0 Å². The number of carbonyl (C=O) groups excluding carboxylic acids is 2. The zero-order valence-corrected chi connectivity index (χ0v) is 17.0. The van der Waals surface area contributed by atoms with Crippen LogP contribution < -0.4 is 5.32 Å². The summed E-state index contributed by atoms with van der Waals surface area (Å²) < 4.78 is 5.26. The summed E-state index contributed by atoms with van der Waals surface area (Å²) in [6.45, 7) is 2.03. The van der Waals surface area contributed by atoms with Crippen LogP contribution in [0.5, 0.6) is 0 Å². The Labute approximate surface area is 169 Å². The average molecular weight is 406 g/mol. The van der Waals surface area contributed by atoms with E-state index < -0.39 is 23.8 Å². The van der Waals surface area contributed by atoms with Gasteiger partial charge in [0, 0.05) is 4.88 Å². The van der Waals surface area contributed by atoms with Gasteiger partial charge in [0.25, 0.3) is 0 Å². The Balaban J connectivity index is 1.90. The predicted octanol–water partition coefficient (Wildman–Crippen LogP) is 4.19. The van der Waals surface area contributed by atoms with E-state index in [-0.39, 0.29) is 12.5 Å². The molecule has 0 bridgehead atoms. The molecular weight excluding hydrogens is 378 g/mol. The van der Waals surface area contributed by atoms with Crippen molar-refractivity contribution in [2.75, 3.05) is 11.9 Å². The fourth-order valence-electron chi connectivity index (χ4n) is 4.01. The fraction of sp³-hybridized carbons (Fsp3) is 0.571. The van der Waals surface area contributed by atoms with Gasteiger partial charge in [-0.05, 0) is 51.0 Å². The Morgan fingerprint density at radius 2 is 1.79 bits per heavy atom. The van der Waals surface area contributed by atoms with Gasteiger partial charge < -0.3 is 15.2 Å². The number of aliphatic carboxylic acids is 1. The van der Waals surface area contributed by atoms with Crippen molar-refractivity contribution in [1.82, 2.24) is 0 Å². The van der Waals surface area contributed by atoms with Crippen molar-refractivity contribution in [2.24, 2.45) is 11.8 Å². The minimum atomic E-state index is -0.964. The standard InChI is InChI=1S/C21H27NO5S/c1-2-27-21(26)17-15-11-5-3-4-6-12-16(15)28-19(17)22-18(23)13-9-7-8-10-14(13)20(24)25/h7-8,13-14H,2-6,9-12H2,1H3,(H,22,23)(H,24,25)/t13-,14+/m0/s1. The number of thiophene rings is 1. The molecule has 1 heterocycles. The van der Waals surface area contributed by atoms with Crippen LogP contribution in [0.2, 0.25) is 0 Å². The zero-order valence-electron chi connectivity index (χ0n) is 16.2. The number of rotatable bonds is 5. The monoisotopic (exact) mass is 405 g/mol. The van der Waals surface area contributed by atoms with Gasteiger partial charge in [0.05, 0.1) is 24.0 Å². The van der Waals surface area contributed by atoms with E-state index in [9.17, 15) is 19.5 Å². The molecule has 2 aliphatic rings. The summed E-state index contributed by atoms with van der Waals surface area (Å²) in [4.78, 5) is 38.2. The van der Waals surface area contributed by atoms with E-state index in [2.05, 4.69) is 5.32 Å². The van der Waals surface area contributed by atoms with Gasteiger partial charge >= 0.3 is 11.9 Å². The summed E-state index contributed by atoms with van der Waals surface area (Å²) in [7, 11) is 0. The molecule has 0 radical (unpaired) electrons. The lowest BCUT2D eigenvalue weighted by Crippen LogP contribution is -2.34. The minimum absolute atomic E-state index is 0.269. The number of nitrogens with one attached hydrogen (secondary N) is 1. The number of hydrogen-bond donors (Lipinski definition) is 2. The number of esters is 1. The van der Waals surface area contributed by atoms with Crippen molar-refractivity contribution < 1.29 is 24.2 Å². The van der Waals surface area contributed by atoms with Crippen LogP contribution in [0.15, 0.2) is 12.2 Å². The van der Waals surface area contributed by atoms with Gasteiger partial charge in [0.2, 0.25) is 5.91 Å². The lowest BCUT2D eigenvalue weighted by atomic mass is 9.82. The molecule has 1 aromatic rings. The molecule has 0 fully saturated rings. The highest BCUT2D eigenvalue weighted by molar-refractivity contribution is 7.17. The van der Waals surface area contributed by atoms with Crippen LogP contribution >= 0.6 is 11.3 Å². The van der Waals surface area contributed by atoms with Crippen molar-refractivity contribution in [1.29, 1.82) is 0 Å². The van der Waals surface area contributed by atoms with Crippen molar-refractivity contribution in [2.45, 2.75) is 58.3 Å². The molecule has 2 atom stereocenters. The summed E-state index contributed by atoms with van der Waals surface area (Å²) >= 11 is 1.44. The highest BCUT2D eigenvalue weighted by Crippen LogP contribution is 2.38. The third-order valence-corrected chi connectivity index (χ3v) is 6.68. The molecule has 0 spiro atoms. The van der Waals surface area contributed by atoms with Crippen LogP contribution in [0.1, 0.15) is 66.2 Å². The molecule has 2 aliphatic carbocycles. The molecule has 1 aromatic heterocycles. The molecule has 0 saturated carbocycles. The van der Waals surface area contributed by atoms with Crippen LogP contribution in [-0.2, 0) is 27.2 Å².